The topological polar surface area (TPSA) is 88.1 Å². The van der Waals surface area contributed by atoms with Gasteiger partial charge in [0, 0.05) is 18.3 Å². The molecule has 2 N–H and O–H groups in total. The van der Waals surface area contributed by atoms with Crippen molar-refractivity contribution < 1.29 is 33.0 Å². The molecule has 9 heteroatoms. The van der Waals surface area contributed by atoms with Crippen LogP contribution in [0.3, 0.4) is 0 Å². The standard InChI is InChI=1S/C15H16F2N2O5/c1-14(13(21)22)4-5-19(8-14)7-12(20)18-9-2-3-10-11(6-9)24-15(16,17)23-10/h2-3,6H,4-5,7-8H2,1H3,(H,18,20)(H,21,22). The number of fused-ring (bicyclic) bond motifs is 1. The van der Waals surface area contributed by atoms with Crippen LogP contribution in [0.2, 0.25) is 0 Å². The van der Waals surface area contributed by atoms with E-state index in [4.69, 9.17) is 0 Å². The first-order chi connectivity index (χ1) is 11.2. The number of halogens is 2. The normalized spacial score (nSPS) is 24.8. The lowest BCUT2D eigenvalue weighted by Crippen LogP contribution is -2.35. The lowest BCUT2D eigenvalue weighted by molar-refractivity contribution is -0.286. The minimum Gasteiger partial charge on any atom is -0.481 e. The number of carbonyl (C=O) groups excluding carboxylic acids is 1. The van der Waals surface area contributed by atoms with E-state index in [2.05, 4.69) is 14.8 Å². The second-order valence-corrected chi connectivity index (χ2v) is 6.20. The van der Waals surface area contributed by atoms with Gasteiger partial charge >= 0.3 is 12.3 Å². The summed E-state index contributed by atoms with van der Waals surface area (Å²) in [6.45, 7) is 2.45. The number of rotatable bonds is 4. The van der Waals surface area contributed by atoms with Crippen molar-refractivity contribution in [1.29, 1.82) is 0 Å². The van der Waals surface area contributed by atoms with Crippen molar-refractivity contribution in [2.45, 2.75) is 19.6 Å². The van der Waals surface area contributed by atoms with E-state index in [0.29, 0.717) is 18.7 Å². The molecule has 1 saturated heterocycles. The fourth-order valence-electron chi connectivity index (χ4n) is 2.80. The summed E-state index contributed by atoms with van der Waals surface area (Å²) in [6.07, 6.45) is -3.24. The van der Waals surface area contributed by atoms with Crippen molar-refractivity contribution in [1.82, 2.24) is 4.90 Å². The van der Waals surface area contributed by atoms with Crippen molar-refractivity contribution in [2.24, 2.45) is 5.41 Å². The molecule has 0 saturated carbocycles. The number of ether oxygens (including phenoxy) is 2. The maximum Gasteiger partial charge on any atom is 0.586 e. The predicted octanol–water partition coefficient (Wildman–Crippen LogP) is 1.74. The van der Waals surface area contributed by atoms with Gasteiger partial charge in [0.05, 0.1) is 12.0 Å². The molecule has 24 heavy (non-hydrogen) atoms. The van der Waals surface area contributed by atoms with Gasteiger partial charge in [-0.05, 0) is 32.0 Å². The third-order valence-corrected chi connectivity index (χ3v) is 4.12. The van der Waals surface area contributed by atoms with E-state index in [1.165, 1.54) is 18.2 Å². The number of hydrogen-bond donors (Lipinski definition) is 2. The fraction of sp³-hybridized carbons (Fsp3) is 0.467. The molecule has 1 atom stereocenters. The smallest absolute Gasteiger partial charge is 0.481 e. The van der Waals surface area contributed by atoms with E-state index < -0.39 is 17.7 Å². The summed E-state index contributed by atoms with van der Waals surface area (Å²) in [6, 6.07) is 3.95. The Morgan fingerprint density at radius 2 is 2.04 bits per heavy atom. The molecule has 1 fully saturated rings. The molecule has 0 aromatic heterocycles. The number of benzene rings is 1. The van der Waals surface area contributed by atoms with Crippen LogP contribution in [-0.4, -0.2) is 47.8 Å². The number of nitrogens with one attached hydrogen (secondary N) is 1. The number of hydrogen-bond acceptors (Lipinski definition) is 5. The first kappa shape index (κ1) is 16.4. The highest BCUT2D eigenvalue weighted by molar-refractivity contribution is 5.92. The minimum atomic E-state index is -3.71. The number of alkyl halides is 2. The summed E-state index contributed by atoms with van der Waals surface area (Å²) < 4.78 is 34.5. The van der Waals surface area contributed by atoms with E-state index >= 15 is 0 Å². The molecule has 2 aliphatic rings. The molecule has 0 bridgehead atoms. The fourth-order valence-corrected chi connectivity index (χ4v) is 2.80. The summed E-state index contributed by atoms with van der Waals surface area (Å²) >= 11 is 0. The quantitative estimate of drug-likeness (QED) is 0.867. The Morgan fingerprint density at radius 1 is 1.33 bits per heavy atom. The Morgan fingerprint density at radius 3 is 2.71 bits per heavy atom. The highest BCUT2D eigenvalue weighted by Gasteiger charge is 2.43. The molecule has 1 amide bonds. The molecule has 2 heterocycles. The summed E-state index contributed by atoms with van der Waals surface area (Å²) in [5, 5.41) is 11.8. The van der Waals surface area contributed by atoms with E-state index in [1.807, 2.05) is 0 Å². The maximum atomic E-state index is 13.0. The molecule has 3 rings (SSSR count). The molecule has 2 aliphatic heterocycles. The van der Waals surface area contributed by atoms with Gasteiger partial charge in [-0.25, -0.2) is 0 Å². The van der Waals surface area contributed by atoms with Crippen LogP contribution in [0.4, 0.5) is 14.5 Å². The molecular weight excluding hydrogens is 326 g/mol. The average Bonchev–Trinajstić information content (AvgIpc) is 2.97. The number of carboxylic acids is 1. The van der Waals surface area contributed by atoms with Crippen LogP contribution in [0, 0.1) is 5.41 Å². The molecule has 1 unspecified atom stereocenters. The van der Waals surface area contributed by atoms with Gasteiger partial charge in [0.15, 0.2) is 11.5 Å². The first-order valence-corrected chi connectivity index (χ1v) is 7.32. The summed E-state index contributed by atoms with van der Waals surface area (Å²) in [5.74, 6) is -1.51. The predicted molar refractivity (Wildman–Crippen MR) is 78.1 cm³/mol. The monoisotopic (exact) mass is 342 g/mol. The van der Waals surface area contributed by atoms with Gasteiger partial charge in [-0.15, -0.1) is 8.78 Å². The zero-order chi connectivity index (χ0) is 17.5. The van der Waals surface area contributed by atoms with Crippen LogP contribution in [0.15, 0.2) is 18.2 Å². The second kappa shape index (κ2) is 5.59. The zero-order valence-corrected chi connectivity index (χ0v) is 12.8. The van der Waals surface area contributed by atoms with Crippen molar-refractivity contribution in [3.8, 4) is 11.5 Å². The van der Waals surface area contributed by atoms with Gasteiger partial charge in [-0.3, -0.25) is 14.5 Å². The molecule has 0 spiro atoms. The molecule has 0 aliphatic carbocycles. The van der Waals surface area contributed by atoms with Crippen LogP contribution >= 0.6 is 0 Å². The largest absolute Gasteiger partial charge is 0.586 e. The summed E-state index contributed by atoms with van der Waals surface area (Å²) in [7, 11) is 0. The Hall–Kier alpha value is -2.42. The number of carbonyl (C=O) groups is 2. The number of anilines is 1. The highest BCUT2D eigenvalue weighted by Crippen LogP contribution is 2.42. The van der Waals surface area contributed by atoms with Crippen molar-refractivity contribution in [3.63, 3.8) is 0 Å². The van der Waals surface area contributed by atoms with Crippen LogP contribution in [-0.2, 0) is 9.59 Å². The lowest BCUT2D eigenvalue weighted by atomic mass is 9.90. The highest BCUT2D eigenvalue weighted by atomic mass is 19.3. The van der Waals surface area contributed by atoms with Gasteiger partial charge in [0.25, 0.3) is 0 Å². The van der Waals surface area contributed by atoms with Crippen LogP contribution in [0.5, 0.6) is 11.5 Å². The van der Waals surface area contributed by atoms with E-state index in [0.717, 1.165) is 0 Å². The Balaban J connectivity index is 1.58. The summed E-state index contributed by atoms with van der Waals surface area (Å²) in [4.78, 5) is 25.0. The molecule has 0 radical (unpaired) electrons. The number of carboxylic acid groups (broad SMARTS) is 1. The number of nitrogens with zero attached hydrogens (tertiary/aromatic N) is 1. The second-order valence-electron chi connectivity index (χ2n) is 6.20. The van der Waals surface area contributed by atoms with Gasteiger partial charge in [0.1, 0.15) is 0 Å². The van der Waals surface area contributed by atoms with E-state index in [-0.39, 0.29) is 30.5 Å². The van der Waals surface area contributed by atoms with Gasteiger partial charge in [-0.1, -0.05) is 0 Å². The van der Waals surface area contributed by atoms with E-state index in [1.54, 1.807) is 11.8 Å². The van der Waals surface area contributed by atoms with Crippen molar-refractivity contribution >= 4 is 17.6 Å². The Bertz CT molecular complexity index is 696. The molecule has 1 aromatic carbocycles. The van der Waals surface area contributed by atoms with Crippen molar-refractivity contribution in [3.05, 3.63) is 18.2 Å². The maximum absolute atomic E-state index is 13.0. The van der Waals surface area contributed by atoms with Crippen LogP contribution in [0.25, 0.3) is 0 Å². The zero-order valence-electron chi connectivity index (χ0n) is 12.8. The number of likely N-dealkylation sites (tertiary alicyclic amines) is 1. The van der Waals surface area contributed by atoms with Gasteiger partial charge in [-0.2, -0.15) is 0 Å². The van der Waals surface area contributed by atoms with Crippen LogP contribution < -0.4 is 14.8 Å². The molecule has 7 nitrogen and oxygen atoms in total. The third kappa shape index (κ3) is 3.25. The summed E-state index contributed by atoms with van der Waals surface area (Å²) in [5.41, 5.74) is -0.565. The number of amides is 1. The van der Waals surface area contributed by atoms with E-state index in [9.17, 15) is 23.5 Å². The molecule has 1 aromatic rings. The molecule has 130 valence electrons. The average molecular weight is 342 g/mol. The van der Waals surface area contributed by atoms with Gasteiger partial charge in [0.2, 0.25) is 5.91 Å². The minimum absolute atomic E-state index is 0.0213. The SMILES string of the molecule is CC1(C(=O)O)CCN(CC(=O)Nc2ccc3c(c2)OC(F)(F)O3)C1. The van der Waals surface area contributed by atoms with Gasteiger partial charge < -0.3 is 19.9 Å². The number of aliphatic carboxylic acids is 1. The lowest BCUT2D eigenvalue weighted by Gasteiger charge is -2.19. The van der Waals surface area contributed by atoms with Crippen LogP contribution in [0.1, 0.15) is 13.3 Å². The first-order valence-electron chi connectivity index (χ1n) is 7.32. The Labute approximate surface area is 136 Å². The molecular formula is C15H16F2N2O5. The van der Waals surface area contributed by atoms with Crippen molar-refractivity contribution in [2.75, 3.05) is 25.0 Å². The third-order valence-electron chi connectivity index (χ3n) is 4.12. The Kier molecular flexibility index (Phi) is 3.83.